The van der Waals surface area contributed by atoms with Crippen LogP contribution in [-0.4, -0.2) is 29.4 Å². The maximum atomic E-state index is 13.3. The zero-order valence-corrected chi connectivity index (χ0v) is 11.6. The monoisotopic (exact) mass is 329 g/mol. The van der Waals surface area contributed by atoms with Crippen molar-refractivity contribution in [1.82, 2.24) is 4.90 Å². The molecule has 2 rings (SSSR count). The Balaban J connectivity index is 2.08. The Morgan fingerprint density at radius 1 is 1.47 bits per heavy atom. The van der Waals surface area contributed by atoms with E-state index in [1.807, 2.05) is 0 Å². The molecule has 0 radical (unpaired) electrons. The molecule has 0 aromatic heterocycles. The van der Waals surface area contributed by atoms with Gasteiger partial charge in [0.05, 0.1) is 4.47 Å². The molecule has 0 saturated carbocycles. The first kappa shape index (κ1) is 13.8. The Kier molecular flexibility index (Phi) is 4.04. The maximum absolute atomic E-state index is 13.3. The predicted octanol–water partition coefficient (Wildman–Crippen LogP) is 2.07. The molecule has 1 heterocycles. The van der Waals surface area contributed by atoms with Crippen molar-refractivity contribution in [3.8, 4) is 0 Å². The minimum atomic E-state index is -0.583. The number of amides is 3. The van der Waals surface area contributed by atoms with Crippen LogP contribution in [0.15, 0.2) is 22.7 Å². The lowest BCUT2D eigenvalue weighted by Crippen LogP contribution is -2.45. The van der Waals surface area contributed by atoms with E-state index in [-0.39, 0.29) is 0 Å². The molecular formula is C12H13BrFN3O2. The SMILES string of the molecule is NC(=O)C1CCCN1C(=O)Nc1ccc(Br)c(F)c1. The van der Waals surface area contributed by atoms with E-state index in [0.717, 1.165) is 6.42 Å². The molecule has 3 N–H and O–H groups in total. The quantitative estimate of drug-likeness (QED) is 0.871. The molecule has 1 atom stereocenters. The van der Waals surface area contributed by atoms with Crippen LogP contribution in [0.1, 0.15) is 12.8 Å². The number of nitrogens with zero attached hydrogens (tertiary/aromatic N) is 1. The standard InChI is InChI=1S/C12H13BrFN3O2/c13-8-4-3-7(6-9(8)14)16-12(19)17-5-1-2-10(17)11(15)18/h3-4,6,10H,1-2,5H2,(H2,15,18)(H,16,19). The second-order valence-corrected chi connectivity index (χ2v) is 5.17. The zero-order chi connectivity index (χ0) is 14.0. The number of hydrogen-bond acceptors (Lipinski definition) is 2. The van der Waals surface area contributed by atoms with Gasteiger partial charge in [0.15, 0.2) is 0 Å². The molecule has 19 heavy (non-hydrogen) atoms. The van der Waals surface area contributed by atoms with Crippen LogP contribution in [0.25, 0.3) is 0 Å². The summed E-state index contributed by atoms with van der Waals surface area (Å²) >= 11 is 3.03. The fraction of sp³-hybridized carbons (Fsp3) is 0.333. The van der Waals surface area contributed by atoms with E-state index in [1.165, 1.54) is 17.0 Å². The Hall–Kier alpha value is -1.63. The number of halogens is 2. The average Bonchev–Trinajstić information content (AvgIpc) is 2.83. The van der Waals surface area contributed by atoms with Crippen molar-refractivity contribution in [1.29, 1.82) is 0 Å². The molecule has 0 bridgehead atoms. The van der Waals surface area contributed by atoms with E-state index in [9.17, 15) is 14.0 Å². The zero-order valence-electron chi connectivity index (χ0n) is 10.0. The lowest BCUT2D eigenvalue weighted by molar-refractivity contribution is -0.121. The molecule has 3 amide bonds. The third-order valence-electron chi connectivity index (χ3n) is 3.01. The molecule has 1 aliphatic heterocycles. The van der Waals surface area contributed by atoms with Crippen LogP contribution in [0.3, 0.4) is 0 Å². The third-order valence-corrected chi connectivity index (χ3v) is 3.66. The van der Waals surface area contributed by atoms with Gasteiger partial charge in [-0.25, -0.2) is 9.18 Å². The summed E-state index contributed by atoms with van der Waals surface area (Å²) in [6, 6.07) is 3.25. The van der Waals surface area contributed by atoms with Gasteiger partial charge < -0.3 is 16.0 Å². The van der Waals surface area contributed by atoms with E-state index in [2.05, 4.69) is 21.2 Å². The van der Waals surface area contributed by atoms with E-state index >= 15 is 0 Å². The van der Waals surface area contributed by atoms with Gasteiger partial charge >= 0.3 is 6.03 Å². The van der Waals surface area contributed by atoms with Crippen molar-refractivity contribution in [2.45, 2.75) is 18.9 Å². The molecule has 0 aliphatic carbocycles. The lowest BCUT2D eigenvalue weighted by Gasteiger charge is -2.22. The van der Waals surface area contributed by atoms with E-state index in [4.69, 9.17) is 5.73 Å². The summed E-state index contributed by atoms with van der Waals surface area (Å²) in [5.41, 5.74) is 5.57. The van der Waals surface area contributed by atoms with Gasteiger partial charge in [-0.05, 0) is 47.0 Å². The van der Waals surface area contributed by atoms with Crippen molar-refractivity contribution in [3.05, 3.63) is 28.5 Å². The topological polar surface area (TPSA) is 75.4 Å². The Labute approximate surface area is 118 Å². The van der Waals surface area contributed by atoms with Gasteiger partial charge in [0.2, 0.25) is 5.91 Å². The van der Waals surface area contributed by atoms with Gasteiger partial charge in [0, 0.05) is 12.2 Å². The van der Waals surface area contributed by atoms with Crippen LogP contribution in [0.2, 0.25) is 0 Å². The molecule has 1 aromatic rings. The molecule has 1 aliphatic rings. The normalized spacial score (nSPS) is 18.4. The number of rotatable bonds is 2. The first-order valence-corrected chi connectivity index (χ1v) is 6.60. The first-order valence-electron chi connectivity index (χ1n) is 5.81. The minimum Gasteiger partial charge on any atom is -0.368 e. The minimum absolute atomic E-state index is 0.321. The number of hydrogen-bond donors (Lipinski definition) is 2. The molecule has 7 heteroatoms. The van der Waals surface area contributed by atoms with Crippen LogP contribution in [0.4, 0.5) is 14.9 Å². The molecule has 5 nitrogen and oxygen atoms in total. The van der Waals surface area contributed by atoms with Crippen LogP contribution in [-0.2, 0) is 4.79 Å². The molecular weight excluding hydrogens is 317 g/mol. The average molecular weight is 330 g/mol. The number of primary amides is 1. The predicted molar refractivity (Wildman–Crippen MR) is 72.0 cm³/mol. The van der Waals surface area contributed by atoms with Crippen LogP contribution in [0, 0.1) is 5.82 Å². The van der Waals surface area contributed by atoms with Gasteiger partial charge in [0.25, 0.3) is 0 Å². The highest BCUT2D eigenvalue weighted by Crippen LogP contribution is 2.21. The smallest absolute Gasteiger partial charge is 0.322 e. The number of urea groups is 1. The van der Waals surface area contributed by atoms with Crippen molar-refractivity contribution < 1.29 is 14.0 Å². The highest BCUT2D eigenvalue weighted by atomic mass is 79.9. The molecule has 102 valence electrons. The molecule has 1 unspecified atom stereocenters. The molecule has 0 spiro atoms. The molecule has 1 saturated heterocycles. The van der Waals surface area contributed by atoms with E-state index in [1.54, 1.807) is 6.07 Å². The summed E-state index contributed by atoms with van der Waals surface area (Å²) in [7, 11) is 0. The lowest BCUT2D eigenvalue weighted by atomic mass is 10.2. The van der Waals surface area contributed by atoms with Gasteiger partial charge in [-0.3, -0.25) is 4.79 Å². The highest BCUT2D eigenvalue weighted by Gasteiger charge is 2.32. The van der Waals surface area contributed by atoms with Crippen LogP contribution in [0.5, 0.6) is 0 Å². The Morgan fingerprint density at radius 3 is 2.84 bits per heavy atom. The summed E-state index contributed by atoms with van der Waals surface area (Å²) in [5.74, 6) is -0.986. The van der Waals surface area contributed by atoms with Gasteiger partial charge in [-0.2, -0.15) is 0 Å². The molecule has 1 aromatic carbocycles. The summed E-state index contributed by atoms with van der Waals surface area (Å²) in [6.45, 7) is 0.471. The summed E-state index contributed by atoms with van der Waals surface area (Å²) in [6.07, 6.45) is 1.30. The second kappa shape index (κ2) is 5.56. The Bertz CT molecular complexity index is 524. The van der Waals surface area contributed by atoms with E-state index in [0.29, 0.717) is 23.1 Å². The van der Waals surface area contributed by atoms with Crippen molar-refractivity contribution in [2.24, 2.45) is 5.73 Å². The molecule has 1 fully saturated rings. The number of anilines is 1. The van der Waals surface area contributed by atoms with Gasteiger partial charge in [-0.1, -0.05) is 0 Å². The number of carbonyl (C=O) groups is 2. The first-order chi connectivity index (χ1) is 8.99. The number of nitrogens with two attached hydrogens (primary N) is 1. The van der Waals surface area contributed by atoms with Crippen LogP contribution < -0.4 is 11.1 Å². The second-order valence-electron chi connectivity index (χ2n) is 4.31. The number of nitrogens with one attached hydrogen (secondary N) is 1. The summed E-state index contributed by atoms with van der Waals surface area (Å²) in [4.78, 5) is 24.6. The van der Waals surface area contributed by atoms with Crippen molar-refractivity contribution >= 4 is 33.6 Å². The fourth-order valence-electron chi connectivity index (χ4n) is 2.07. The third kappa shape index (κ3) is 3.04. The fourth-order valence-corrected chi connectivity index (χ4v) is 2.32. The summed E-state index contributed by atoms with van der Waals surface area (Å²) < 4.78 is 13.6. The number of benzene rings is 1. The van der Waals surface area contributed by atoms with Gasteiger partial charge in [-0.15, -0.1) is 0 Å². The largest absolute Gasteiger partial charge is 0.368 e. The maximum Gasteiger partial charge on any atom is 0.322 e. The number of likely N-dealkylation sites (tertiary alicyclic amines) is 1. The Morgan fingerprint density at radius 2 is 2.21 bits per heavy atom. The number of carbonyl (C=O) groups excluding carboxylic acids is 2. The van der Waals surface area contributed by atoms with Crippen LogP contribution >= 0.6 is 15.9 Å². The van der Waals surface area contributed by atoms with Crippen molar-refractivity contribution in [3.63, 3.8) is 0 Å². The summed E-state index contributed by atoms with van der Waals surface area (Å²) in [5, 5.41) is 2.56. The van der Waals surface area contributed by atoms with E-state index < -0.39 is 23.8 Å². The highest BCUT2D eigenvalue weighted by molar-refractivity contribution is 9.10. The van der Waals surface area contributed by atoms with Gasteiger partial charge in [0.1, 0.15) is 11.9 Å². The van der Waals surface area contributed by atoms with Crippen molar-refractivity contribution in [2.75, 3.05) is 11.9 Å².